The van der Waals surface area contributed by atoms with E-state index in [0.29, 0.717) is 5.69 Å². The maximum absolute atomic E-state index is 12.8. The molecule has 0 heterocycles. The predicted molar refractivity (Wildman–Crippen MR) is 219 cm³/mol. The highest BCUT2D eigenvalue weighted by molar-refractivity contribution is 7.96. The molecule has 0 unspecified atom stereocenters. The quantitative estimate of drug-likeness (QED) is 0.0402. The van der Waals surface area contributed by atoms with Crippen molar-refractivity contribution < 1.29 is 76.5 Å². The lowest BCUT2D eigenvalue weighted by atomic mass is 10.2. The van der Waals surface area contributed by atoms with Gasteiger partial charge < -0.3 is 34.7 Å². The minimum Gasteiger partial charge on any atom is -0.500 e. The normalized spacial score (nSPS) is 11.9. The van der Waals surface area contributed by atoms with Gasteiger partial charge >= 0.3 is 24.7 Å². The lowest BCUT2D eigenvalue weighted by Crippen LogP contribution is -2.17. The zero-order valence-corrected chi connectivity index (χ0v) is 34.8. The van der Waals surface area contributed by atoms with Gasteiger partial charge in [-0.2, -0.15) is 0 Å². The number of nitrogen functional groups attached to an aromatic ring is 1. The van der Waals surface area contributed by atoms with Gasteiger partial charge in [0, 0.05) is 17.6 Å². The van der Waals surface area contributed by atoms with Gasteiger partial charge in [0.15, 0.2) is 9.81 Å². The van der Waals surface area contributed by atoms with Crippen LogP contribution in [0.25, 0.3) is 0 Å². The van der Waals surface area contributed by atoms with Gasteiger partial charge in [0.05, 0.1) is 30.6 Å². The van der Waals surface area contributed by atoms with Crippen LogP contribution in [0.4, 0.5) is 37.7 Å². The van der Waals surface area contributed by atoms with Gasteiger partial charge in [-0.3, -0.25) is 0 Å². The van der Waals surface area contributed by atoms with Crippen LogP contribution in [0.1, 0.15) is 39.3 Å². The highest BCUT2D eigenvalue weighted by Crippen LogP contribution is 2.26. The Morgan fingerprint density at radius 2 is 0.984 bits per heavy atom. The number of halogens is 6. The molecule has 0 aliphatic rings. The Balaban J connectivity index is 0.000000504. The molecule has 0 radical (unpaired) electrons. The van der Waals surface area contributed by atoms with Crippen molar-refractivity contribution in [2.75, 3.05) is 31.9 Å². The van der Waals surface area contributed by atoms with Crippen molar-refractivity contribution >= 4 is 43.0 Å². The van der Waals surface area contributed by atoms with Crippen molar-refractivity contribution in [1.82, 2.24) is 0 Å². The van der Waals surface area contributed by atoms with Gasteiger partial charge in [0.2, 0.25) is 19.7 Å². The number of carbonyl (C=O) groups excluding carboxylic acids is 2. The Kier molecular flexibility index (Phi) is 21.1. The molecular formula is C41H46F6N2O11S2. The first-order chi connectivity index (χ1) is 28.5. The number of aryl methyl sites for hydroxylation is 2. The van der Waals surface area contributed by atoms with Crippen LogP contribution in [0.2, 0.25) is 0 Å². The van der Waals surface area contributed by atoms with Crippen LogP contribution in [-0.4, -0.2) is 62.3 Å². The zero-order chi connectivity index (χ0) is 46.0. The number of benzene rings is 4. The monoisotopic (exact) mass is 920 g/mol. The fourth-order valence-electron chi connectivity index (χ4n) is 4.46. The predicted octanol–water partition coefficient (Wildman–Crippen LogP) is 8.92. The lowest BCUT2D eigenvalue weighted by molar-refractivity contribution is -0.275. The third-order valence-electron chi connectivity index (χ3n) is 7.56. The van der Waals surface area contributed by atoms with E-state index in [2.05, 4.69) is 24.3 Å². The SMILES string of the molecule is C.CCO/C=C(\C(=O)OC)S(=O)(=O)c1ccc(CC)cc1.CCc1ccc(S(=O)(=O)/C(=C/Nc2ccc(OC(F)(F)F)cc2)C(=O)OC)cc1.Nc1ccc(OC(F)(F)F)cc1. The molecular weight excluding hydrogens is 875 g/mol. The molecule has 340 valence electrons. The van der Waals surface area contributed by atoms with Gasteiger partial charge in [0.25, 0.3) is 0 Å². The van der Waals surface area contributed by atoms with E-state index < -0.39 is 59.9 Å². The van der Waals surface area contributed by atoms with E-state index in [9.17, 15) is 52.8 Å². The Labute approximate surface area is 355 Å². The van der Waals surface area contributed by atoms with E-state index in [-0.39, 0.29) is 35.3 Å². The minimum absolute atomic E-state index is 0. The van der Waals surface area contributed by atoms with Crippen LogP contribution in [0.15, 0.2) is 129 Å². The van der Waals surface area contributed by atoms with Crippen molar-refractivity contribution in [1.29, 1.82) is 0 Å². The first-order valence-electron chi connectivity index (χ1n) is 17.6. The van der Waals surface area contributed by atoms with Gasteiger partial charge in [-0.05, 0) is 104 Å². The summed E-state index contributed by atoms with van der Waals surface area (Å²) in [7, 11) is -5.98. The Hall–Kier alpha value is -6.22. The number of anilines is 2. The number of sulfone groups is 2. The summed E-state index contributed by atoms with van der Waals surface area (Å²) in [6.45, 7) is 5.83. The molecule has 0 saturated carbocycles. The fraction of sp³-hybridized carbons (Fsp3) is 0.268. The van der Waals surface area contributed by atoms with E-state index in [1.165, 1.54) is 48.5 Å². The van der Waals surface area contributed by atoms with Crippen LogP contribution >= 0.6 is 0 Å². The van der Waals surface area contributed by atoms with Gasteiger partial charge in [-0.1, -0.05) is 45.5 Å². The van der Waals surface area contributed by atoms with Gasteiger partial charge in [-0.15, -0.1) is 26.3 Å². The summed E-state index contributed by atoms with van der Waals surface area (Å²) in [5, 5.41) is 2.57. The second kappa shape index (κ2) is 24.3. The summed E-state index contributed by atoms with van der Waals surface area (Å²) in [6, 6.07) is 21.9. The standard InChI is InChI=1S/C19H18F3NO5S.C14H18O5S.C7H6F3NO.CH4/c1-3-13-4-10-16(11-5-13)29(25,26)17(18(24)27-2)12-23-14-6-8-15(9-7-14)28-19(20,21)22;1-4-11-6-8-12(9-7-11)20(16,17)13(10-19-5-2)14(15)18-3;8-7(9,10)12-6-3-1-5(11)2-4-6;/h4-12,23H,3H2,1-2H3;6-10H,4-5H2,1-3H3;1-4H,11H2;1H4/b17-12+;13-10+;;. The number of nitrogens with two attached hydrogens (primary N) is 1. The van der Waals surface area contributed by atoms with Crippen LogP contribution in [0, 0.1) is 0 Å². The molecule has 3 N–H and O–H groups in total. The Morgan fingerprint density at radius 1 is 0.613 bits per heavy atom. The van der Waals surface area contributed by atoms with Crippen molar-refractivity contribution in [2.45, 2.75) is 63.6 Å². The summed E-state index contributed by atoms with van der Waals surface area (Å²) < 4.78 is 143. The van der Waals surface area contributed by atoms with Crippen LogP contribution in [0.5, 0.6) is 11.5 Å². The molecule has 4 rings (SSSR count). The minimum atomic E-state index is -4.83. The molecule has 13 nitrogen and oxygen atoms in total. The Morgan fingerprint density at radius 3 is 1.34 bits per heavy atom. The fourth-order valence-corrected chi connectivity index (χ4v) is 6.97. The molecule has 0 aliphatic heterocycles. The number of ether oxygens (including phenoxy) is 5. The molecule has 21 heteroatoms. The van der Waals surface area contributed by atoms with Gasteiger partial charge in [-0.25, -0.2) is 26.4 Å². The zero-order valence-electron chi connectivity index (χ0n) is 33.2. The summed E-state index contributed by atoms with van der Waals surface area (Å²) in [4.78, 5) is 22.4. The molecule has 0 fully saturated rings. The second-order valence-corrected chi connectivity index (χ2v) is 15.6. The van der Waals surface area contributed by atoms with Crippen molar-refractivity contribution in [3.8, 4) is 11.5 Å². The number of hydrogen-bond donors (Lipinski definition) is 2. The topological polar surface area (TPSA) is 187 Å². The van der Waals surface area contributed by atoms with Gasteiger partial charge in [0.1, 0.15) is 17.8 Å². The highest BCUT2D eigenvalue weighted by atomic mass is 32.2. The van der Waals surface area contributed by atoms with Crippen LogP contribution in [-0.2, 0) is 56.3 Å². The maximum Gasteiger partial charge on any atom is 0.573 e. The highest BCUT2D eigenvalue weighted by Gasteiger charge is 2.32. The average molecular weight is 921 g/mol. The number of hydrogen-bond acceptors (Lipinski definition) is 13. The van der Waals surface area contributed by atoms with E-state index in [4.69, 9.17) is 10.5 Å². The number of carbonyl (C=O) groups is 2. The third-order valence-corrected chi connectivity index (χ3v) is 11.1. The number of alkyl halides is 6. The summed E-state index contributed by atoms with van der Waals surface area (Å²) in [5.41, 5.74) is 7.81. The van der Waals surface area contributed by atoms with E-state index >= 15 is 0 Å². The lowest BCUT2D eigenvalue weighted by Gasteiger charge is -2.11. The number of rotatable bonds is 14. The molecule has 4 aromatic rings. The van der Waals surface area contributed by atoms with Crippen molar-refractivity contribution in [3.05, 3.63) is 130 Å². The van der Waals surface area contributed by atoms with E-state index in [1.807, 2.05) is 13.8 Å². The Bertz CT molecular complexity index is 2320. The smallest absolute Gasteiger partial charge is 0.500 e. The van der Waals surface area contributed by atoms with Crippen LogP contribution < -0.4 is 20.5 Å². The average Bonchev–Trinajstić information content (AvgIpc) is 3.21. The molecule has 0 aromatic heterocycles. The summed E-state index contributed by atoms with van der Waals surface area (Å²) in [5.74, 6) is -2.74. The first kappa shape index (κ1) is 53.8. The summed E-state index contributed by atoms with van der Waals surface area (Å²) >= 11 is 0. The molecule has 4 aromatic carbocycles. The van der Waals surface area contributed by atoms with E-state index in [0.717, 1.165) is 74.9 Å². The third kappa shape index (κ3) is 17.4. The first-order valence-corrected chi connectivity index (χ1v) is 20.6. The number of esters is 2. The van der Waals surface area contributed by atoms with Crippen LogP contribution in [0.3, 0.4) is 0 Å². The summed E-state index contributed by atoms with van der Waals surface area (Å²) in [6.07, 6.45) is -6.09. The molecule has 0 aliphatic carbocycles. The molecule has 0 amide bonds. The van der Waals surface area contributed by atoms with Crippen molar-refractivity contribution in [3.63, 3.8) is 0 Å². The molecule has 0 spiro atoms. The van der Waals surface area contributed by atoms with Crippen molar-refractivity contribution in [2.24, 2.45) is 0 Å². The molecule has 0 atom stereocenters. The van der Waals surface area contributed by atoms with E-state index in [1.54, 1.807) is 31.2 Å². The maximum atomic E-state index is 12.8. The molecule has 62 heavy (non-hydrogen) atoms. The molecule has 0 saturated heterocycles. The number of nitrogens with one attached hydrogen (secondary N) is 1. The second-order valence-electron chi connectivity index (χ2n) is 11.8. The molecule has 0 bridgehead atoms. The largest absolute Gasteiger partial charge is 0.573 e. The number of methoxy groups -OCH3 is 2.